The van der Waals surface area contributed by atoms with Crippen molar-refractivity contribution < 1.29 is 9.18 Å². The van der Waals surface area contributed by atoms with Gasteiger partial charge in [-0.15, -0.1) is 0 Å². The van der Waals surface area contributed by atoms with Crippen LogP contribution in [0.15, 0.2) is 30.6 Å². The number of carbonyl (C=O) groups excluding carboxylic acids is 1. The Morgan fingerprint density at radius 3 is 2.82 bits per heavy atom. The van der Waals surface area contributed by atoms with Crippen LogP contribution < -0.4 is 9.80 Å². The number of piperazine rings is 1. The number of rotatable bonds is 2. The monoisotopic (exact) mass is 299 g/mol. The maximum absolute atomic E-state index is 13.7. The topological polar surface area (TPSA) is 65.2 Å². The molecule has 1 aliphatic rings. The van der Waals surface area contributed by atoms with Crippen LogP contribution in [-0.2, 0) is 11.8 Å². The second-order valence-electron chi connectivity index (χ2n) is 5.08. The number of carbonyl (C=O) groups is 1. The highest BCUT2D eigenvalue weighted by Gasteiger charge is 2.27. The quantitative estimate of drug-likeness (QED) is 0.838. The fourth-order valence-electron chi connectivity index (χ4n) is 2.59. The molecule has 0 saturated carbocycles. The Bertz CT molecular complexity index is 764. The summed E-state index contributed by atoms with van der Waals surface area (Å²) >= 11 is 0. The van der Waals surface area contributed by atoms with E-state index < -0.39 is 5.82 Å². The van der Waals surface area contributed by atoms with Gasteiger partial charge in [0.25, 0.3) is 0 Å². The van der Waals surface area contributed by atoms with Gasteiger partial charge < -0.3 is 9.80 Å². The van der Waals surface area contributed by atoms with Crippen molar-refractivity contribution in [3.05, 3.63) is 42.0 Å². The first-order chi connectivity index (χ1) is 10.6. The van der Waals surface area contributed by atoms with Crippen molar-refractivity contribution in [2.45, 2.75) is 0 Å². The fraction of sp³-hybridized carbons (Fsp3) is 0.267. The molecule has 1 amide bonds. The van der Waals surface area contributed by atoms with Gasteiger partial charge in [-0.25, -0.2) is 4.39 Å². The summed E-state index contributed by atoms with van der Waals surface area (Å²) in [5.41, 5.74) is 1.18. The molecule has 22 heavy (non-hydrogen) atoms. The summed E-state index contributed by atoms with van der Waals surface area (Å²) < 4.78 is 15.3. The summed E-state index contributed by atoms with van der Waals surface area (Å²) in [6.07, 6.45) is 3.41. The van der Waals surface area contributed by atoms with Crippen molar-refractivity contribution in [2.24, 2.45) is 7.05 Å². The summed E-state index contributed by atoms with van der Waals surface area (Å²) in [5, 5.41) is 13.2. The highest BCUT2D eigenvalue weighted by molar-refractivity contribution is 5.97. The van der Waals surface area contributed by atoms with Gasteiger partial charge in [0.05, 0.1) is 24.1 Å². The molecule has 2 heterocycles. The van der Waals surface area contributed by atoms with Crippen molar-refractivity contribution >= 4 is 17.3 Å². The molecular formula is C15H14FN5O. The number of aryl methyl sites for hydroxylation is 1. The van der Waals surface area contributed by atoms with Crippen LogP contribution in [0.2, 0.25) is 0 Å². The van der Waals surface area contributed by atoms with Gasteiger partial charge in [-0.2, -0.15) is 10.4 Å². The Morgan fingerprint density at radius 2 is 2.18 bits per heavy atom. The Hall–Kier alpha value is -2.88. The number of benzene rings is 1. The van der Waals surface area contributed by atoms with Crippen LogP contribution in [0, 0.1) is 17.1 Å². The highest BCUT2D eigenvalue weighted by Crippen LogP contribution is 2.25. The molecular weight excluding hydrogens is 285 g/mol. The molecule has 0 radical (unpaired) electrons. The lowest BCUT2D eigenvalue weighted by Crippen LogP contribution is -2.50. The molecule has 0 atom stereocenters. The predicted octanol–water partition coefficient (Wildman–Crippen LogP) is 1.28. The summed E-state index contributed by atoms with van der Waals surface area (Å²) in [7, 11) is 1.79. The number of hydrogen-bond acceptors (Lipinski definition) is 4. The zero-order valence-electron chi connectivity index (χ0n) is 12.0. The van der Waals surface area contributed by atoms with Gasteiger partial charge in [0.15, 0.2) is 0 Å². The van der Waals surface area contributed by atoms with E-state index in [0.717, 1.165) is 5.69 Å². The average molecular weight is 299 g/mol. The van der Waals surface area contributed by atoms with Crippen molar-refractivity contribution in [1.82, 2.24) is 9.78 Å². The summed E-state index contributed by atoms with van der Waals surface area (Å²) in [6.45, 7) is 1.09. The number of hydrogen-bond donors (Lipinski definition) is 0. The molecule has 0 aliphatic carbocycles. The van der Waals surface area contributed by atoms with Gasteiger partial charge in [-0.3, -0.25) is 9.48 Å². The number of aromatic nitrogens is 2. The molecule has 1 fully saturated rings. The largest absolute Gasteiger partial charge is 0.359 e. The van der Waals surface area contributed by atoms with Gasteiger partial charge >= 0.3 is 0 Å². The SMILES string of the molecule is Cn1cc(N2CCN(c3cccc(F)c3C#N)CC2=O)cn1. The Balaban J connectivity index is 1.83. The smallest absolute Gasteiger partial charge is 0.246 e. The van der Waals surface area contributed by atoms with Gasteiger partial charge in [0.2, 0.25) is 5.91 Å². The van der Waals surface area contributed by atoms with Crippen molar-refractivity contribution in [1.29, 1.82) is 5.26 Å². The molecule has 1 aliphatic heterocycles. The van der Waals surface area contributed by atoms with Crippen LogP contribution in [0.25, 0.3) is 0 Å². The summed E-state index contributed by atoms with van der Waals surface area (Å²) in [6, 6.07) is 6.32. The number of anilines is 2. The molecule has 1 saturated heterocycles. The summed E-state index contributed by atoms with van der Waals surface area (Å²) in [5.74, 6) is -0.672. The lowest BCUT2D eigenvalue weighted by Gasteiger charge is -2.35. The normalized spacial score (nSPS) is 15.0. The first-order valence-electron chi connectivity index (χ1n) is 6.82. The molecule has 0 bridgehead atoms. The van der Waals surface area contributed by atoms with Gasteiger partial charge in [-0.05, 0) is 12.1 Å². The molecule has 3 rings (SSSR count). The van der Waals surface area contributed by atoms with Crippen molar-refractivity contribution in [3.8, 4) is 6.07 Å². The van der Waals surface area contributed by atoms with Crippen LogP contribution in [0.3, 0.4) is 0 Å². The highest BCUT2D eigenvalue weighted by atomic mass is 19.1. The van der Waals surface area contributed by atoms with Crippen LogP contribution in [0.4, 0.5) is 15.8 Å². The molecule has 2 aromatic rings. The van der Waals surface area contributed by atoms with E-state index in [4.69, 9.17) is 5.26 Å². The molecule has 1 aromatic carbocycles. The third kappa shape index (κ3) is 2.39. The minimum absolute atomic E-state index is 0.0230. The first kappa shape index (κ1) is 14.1. The number of nitrogens with zero attached hydrogens (tertiary/aromatic N) is 5. The van der Waals surface area contributed by atoms with E-state index in [1.807, 2.05) is 6.07 Å². The predicted molar refractivity (Wildman–Crippen MR) is 78.9 cm³/mol. The first-order valence-corrected chi connectivity index (χ1v) is 6.82. The Kier molecular flexibility index (Phi) is 3.51. The van der Waals surface area contributed by atoms with Crippen molar-refractivity contribution in [2.75, 3.05) is 29.4 Å². The second kappa shape index (κ2) is 5.48. The summed E-state index contributed by atoms with van der Waals surface area (Å²) in [4.78, 5) is 15.7. The molecule has 112 valence electrons. The lowest BCUT2D eigenvalue weighted by molar-refractivity contribution is -0.117. The fourth-order valence-corrected chi connectivity index (χ4v) is 2.59. The van der Waals surface area contributed by atoms with E-state index in [2.05, 4.69) is 5.10 Å². The Morgan fingerprint density at radius 1 is 1.36 bits per heavy atom. The maximum Gasteiger partial charge on any atom is 0.246 e. The van der Waals surface area contributed by atoms with E-state index >= 15 is 0 Å². The van der Waals surface area contributed by atoms with Gasteiger partial charge in [0.1, 0.15) is 17.4 Å². The number of amides is 1. The van der Waals surface area contributed by atoms with Crippen LogP contribution in [-0.4, -0.2) is 35.3 Å². The third-order valence-electron chi connectivity index (χ3n) is 3.67. The van der Waals surface area contributed by atoms with E-state index in [1.165, 1.54) is 6.07 Å². The van der Waals surface area contributed by atoms with Crippen LogP contribution in [0.1, 0.15) is 5.56 Å². The lowest BCUT2D eigenvalue weighted by atomic mass is 10.1. The minimum Gasteiger partial charge on any atom is -0.359 e. The molecule has 0 unspecified atom stereocenters. The molecule has 0 spiro atoms. The van der Waals surface area contributed by atoms with Gasteiger partial charge in [-0.1, -0.05) is 6.07 Å². The second-order valence-corrected chi connectivity index (χ2v) is 5.08. The number of halogens is 1. The number of nitriles is 1. The Labute approximate surface area is 127 Å². The molecule has 6 nitrogen and oxygen atoms in total. The maximum atomic E-state index is 13.7. The van der Waals surface area contributed by atoms with E-state index in [-0.39, 0.29) is 18.0 Å². The standard InChI is InChI=1S/C15H14FN5O/c1-19-9-11(8-18-19)21-6-5-20(10-15(21)22)14-4-2-3-13(16)12(14)7-17/h2-4,8-9H,5-6,10H2,1H3. The van der Waals surface area contributed by atoms with Crippen molar-refractivity contribution in [3.63, 3.8) is 0 Å². The molecule has 7 heteroatoms. The zero-order chi connectivity index (χ0) is 15.7. The van der Waals surface area contributed by atoms with E-state index in [9.17, 15) is 9.18 Å². The van der Waals surface area contributed by atoms with Gasteiger partial charge in [0, 0.05) is 26.3 Å². The average Bonchev–Trinajstić information content (AvgIpc) is 2.93. The van der Waals surface area contributed by atoms with Crippen LogP contribution >= 0.6 is 0 Å². The molecule has 1 aromatic heterocycles. The van der Waals surface area contributed by atoms with Crippen LogP contribution in [0.5, 0.6) is 0 Å². The van der Waals surface area contributed by atoms with E-state index in [1.54, 1.807) is 46.1 Å². The minimum atomic E-state index is -0.567. The third-order valence-corrected chi connectivity index (χ3v) is 3.67. The zero-order valence-corrected chi connectivity index (χ0v) is 12.0. The molecule has 0 N–H and O–H groups in total. The van der Waals surface area contributed by atoms with E-state index in [0.29, 0.717) is 18.8 Å².